The second-order valence-electron chi connectivity index (χ2n) is 11.0. The largest absolute Gasteiger partial charge is 0.481 e. The molecule has 0 bridgehead atoms. The standard InChI is InChI=1S/C36H30Cl2N4O7.C2H6/c37-25-12-7-13-26(38)33(25)29-20-39-35(49-29)34(47)28(19-32(45)46)41-31(44)21-42-24(18-23-10-5-2-6-11-23)15-16-27(36(42)48)40-30(43)17-14-22-8-3-1-4-9-22;1-2/h1-13,15-16,20,28H,14,17-19,21H2,(H,40,43)(H,41,44)(H,45,46);1-2H3. The number of halogens is 2. The Morgan fingerprint density at radius 3 is 2.10 bits per heavy atom. The molecule has 3 aromatic carbocycles. The van der Waals surface area contributed by atoms with Crippen molar-refractivity contribution in [2.45, 2.75) is 52.1 Å². The van der Waals surface area contributed by atoms with Crippen LogP contribution in [-0.4, -0.2) is 44.3 Å². The summed E-state index contributed by atoms with van der Waals surface area (Å²) in [4.78, 5) is 69.0. The van der Waals surface area contributed by atoms with Crippen LogP contribution in [0, 0.1) is 0 Å². The number of hydrogen-bond donors (Lipinski definition) is 3. The van der Waals surface area contributed by atoms with Gasteiger partial charge in [-0.25, -0.2) is 4.98 Å². The molecule has 11 nitrogen and oxygen atoms in total. The summed E-state index contributed by atoms with van der Waals surface area (Å²) in [6.45, 7) is 3.42. The minimum atomic E-state index is -1.59. The van der Waals surface area contributed by atoms with Gasteiger partial charge in [0, 0.05) is 18.5 Å². The molecular formula is C38H36Cl2N4O7. The number of pyridine rings is 1. The first-order chi connectivity index (χ1) is 24.6. The summed E-state index contributed by atoms with van der Waals surface area (Å²) in [5.41, 5.74) is 1.87. The number of hydrogen-bond acceptors (Lipinski definition) is 7. The summed E-state index contributed by atoms with van der Waals surface area (Å²) in [5, 5.41) is 15.1. The highest BCUT2D eigenvalue weighted by Gasteiger charge is 2.29. The first-order valence-electron chi connectivity index (χ1n) is 16.1. The fraction of sp³-hybridized carbons (Fsp3) is 0.211. The van der Waals surface area contributed by atoms with Crippen LogP contribution in [0.15, 0.2) is 106 Å². The normalized spacial score (nSPS) is 11.1. The highest BCUT2D eigenvalue weighted by atomic mass is 35.5. The molecule has 0 radical (unpaired) electrons. The quantitative estimate of drug-likeness (QED) is 0.105. The molecule has 2 amide bonds. The fourth-order valence-electron chi connectivity index (χ4n) is 5.11. The zero-order chi connectivity index (χ0) is 36.9. The second-order valence-corrected chi connectivity index (χ2v) is 11.8. The SMILES string of the molecule is CC.O=C(O)CC(NC(=O)Cn1c(Cc2ccccc2)ccc(NC(=O)CCc2ccccc2)c1=O)C(=O)c1ncc(-c2c(Cl)cccc2Cl)o1. The summed E-state index contributed by atoms with van der Waals surface area (Å²) < 4.78 is 6.77. The van der Waals surface area contributed by atoms with E-state index in [1.54, 1.807) is 24.3 Å². The van der Waals surface area contributed by atoms with E-state index in [4.69, 9.17) is 27.6 Å². The van der Waals surface area contributed by atoms with Gasteiger partial charge in [-0.2, -0.15) is 0 Å². The van der Waals surface area contributed by atoms with E-state index in [9.17, 15) is 29.1 Å². The van der Waals surface area contributed by atoms with Crippen LogP contribution in [0.1, 0.15) is 54.2 Å². The third kappa shape index (κ3) is 10.5. The molecule has 0 aliphatic carbocycles. The molecule has 51 heavy (non-hydrogen) atoms. The number of rotatable bonds is 14. The molecule has 13 heteroatoms. The average molecular weight is 732 g/mol. The number of nitrogens with zero attached hydrogens (tertiary/aromatic N) is 2. The first-order valence-corrected chi connectivity index (χ1v) is 16.9. The molecule has 0 saturated heterocycles. The number of ketones is 1. The maximum Gasteiger partial charge on any atom is 0.305 e. The Hall–Kier alpha value is -5.52. The highest BCUT2D eigenvalue weighted by molar-refractivity contribution is 6.39. The number of carbonyl (C=O) groups is 4. The van der Waals surface area contributed by atoms with Gasteiger partial charge in [0.2, 0.25) is 17.6 Å². The zero-order valence-electron chi connectivity index (χ0n) is 27.9. The molecule has 2 aromatic heterocycles. The number of carboxylic acid groups (broad SMARTS) is 1. The smallest absolute Gasteiger partial charge is 0.305 e. The lowest BCUT2D eigenvalue weighted by Crippen LogP contribution is -2.45. The van der Waals surface area contributed by atoms with E-state index >= 15 is 0 Å². The Labute approximate surface area is 304 Å². The van der Waals surface area contributed by atoms with Crippen LogP contribution in [0.4, 0.5) is 5.69 Å². The third-order valence-corrected chi connectivity index (χ3v) is 8.14. The summed E-state index contributed by atoms with van der Waals surface area (Å²) in [6, 6.07) is 24.9. The average Bonchev–Trinajstić information content (AvgIpc) is 3.61. The highest BCUT2D eigenvalue weighted by Crippen LogP contribution is 2.35. The second kappa shape index (κ2) is 18.5. The lowest BCUT2D eigenvalue weighted by atomic mass is 10.1. The molecule has 3 N–H and O–H groups in total. The number of amides is 2. The number of aryl methyl sites for hydroxylation is 1. The number of aromatic nitrogens is 2. The monoisotopic (exact) mass is 730 g/mol. The molecule has 264 valence electrons. The number of anilines is 1. The summed E-state index contributed by atoms with van der Waals surface area (Å²) in [5.74, 6) is -3.91. The molecule has 5 aromatic rings. The number of aliphatic carboxylic acids is 1. The van der Waals surface area contributed by atoms with Crippen molar-refractivity contribution in [3.63, 3.8) is 0 Å². The van der Waals surface area contributed by atoms with E-state index in [-0.39, 0.29) is 45.8 Å². The molecule has 5 rings (SSSR count). The number of nitrogens with one attached hydrogen (secondary N) is 2. The molecule has 1 atom stereocenters. The van der Waals surface area contributed by atoms with Crippen molar-refractivity contribution >= 4 is 52.5 Å². The van der Waals surface area contributed by atoms with E-state index in [1.807, 2.05) is 74.5 Å². The molecule has 0 aliphatic rings. The molecular weight excluding hydrogens is 695 g/mol. The Bertz CT molecular complexity index is 2030. The van der Waals surface area contributed by atoms with Crippen molar-refractivity contribution in [2.75, 3.05) is 5.32 Å². The van der Waals surface area contributed by atoms with Gasteiger partial charge in [0.15, 0.2) is 5.76 Å². The maximum absolute atomic E-state index is 13.7. The minimum absolute atomic E-state index is 0.0358. The third-order valence-electron chi connectivity index (χ3n) is 7.51. The summed E-state index contributed by atoms with van der Waals surface area (Å²) in [7, 11) is 0. The lowest BCUT2D eigenvalue weighted by molar-refractivity contribution is -0.137. The van der Waals surface area contributed by atoms with Crippen molar-refractivity contribution in [1.82, 2.24) is 14.9 Å². The summed E-state index contributed by atoms with van der Waals surface area (Å²) in [6.07, 6.45) is 1.28. The first kappa shape index (κ1) is 38.3. The van der Waals surface area contributed by atoms with E-state index in [0.29, 0.717) is 12.1 Å². The molecule has 0 spiro atoms. The van der Waals surface area contributed by atoms with Crippen LogP contribution in [0.5, 0.6) is 0 Å². The fourth-order valence-corrected chi connectivity index (χ4v) is 5.70. The van der Waals surface area contributed by atoms with Crippen molar-refractivity contribution in [2.24, 2.45) is 0 Å². The van der Waals surface area contributed by atoms with Gasteiger partial charge in [-0.1, -0.05) is 104 Å². The van der Waals surface area contributed by atoms with Gasteiger partial charge in [-0.15, -0.1) is 0 Å². The minimum Gasteiger partial charge on any atom is -0.481 e. The predicted octanol–water partition coefficient (Wildman–Crippen LogP) is 6.84. The van der Waals surface area contributed by atoms with Gasteiger partial charge < -0.3 is 24.7 Å². The van der Waals surface area contributed by atoms with Gasteiger partial charge in [0.05, 0.1) is 28.2 Å². The van der Waals surface area contributed by atoms with Gasteiger partial charge in [-0.05, 0) is 41.8 Å². The van der Waals surface area contributed by atoms with Crippen molar-refractivity contribution in [3.8, 4) is 11.3 Å². The molecule has 0 fully saturated rings. The van der Waals surface area contributed by atoms with E-state index in [1.165, 1.54) is 16.8 Å². The Morgan fingerprint density at radius 1 is 0.843 bits per heavy atom. The Kier molecular flexibility index (Phi) is 13.9. The van der Waals surface area contributed by atoms with Crippen LogP contribution in [0.2, 0.25) is 10.0 Å². The number of Topliss-reactive ketones (excluding diaryl/α,β-unsaturated/α-hetero) is 1. The molecule has 0 saturated carbocycles. The van der Waals surface area contributed by atoms with Crippen LogP contribution < -0.4 is 16.2 Å². The van der Waals surface area contributed by atoms with Gasteiger partial charge in [-0.3, -0.25) is 24.0 Å². The Morgan fingerprint density at radius 2 is 1.47 bits per heavy atom. The van der Waals surface area contributed by atoms with Crippen LogP contribution in [-0.2, 0) is 33.8 Å². The summed E-state index contributed by atoms with van der Waals surface area (Å²) >= 11 is 12.5. The topological polar surface area (TPSA) is 161 Å². The maximum atomic E-state index is 13.7. The molecule has 1 unspecified atom stereocenters. The zero-order valence-corrected chi connectivity index (χ0v) is 29.4. The van der Waals surface area contributed by atoms with Gasteiger partial charge in [0.25, 0.3) is 11.4 Å². The number of carboxylic acids is 1. The van der Waals surface area contributed by atoms with Crippen molar-refractivity contribution in [3.05, 3.63) is 140 Å². The number of benzene rings is 3. The number of carbonyl (C=O) groups excluding carboxylic acids is 3. The van der Waals surface area contributed by atoms with Crippen LogP contribution in [0.3, 0.4) is 0 Å². The van der Waals surface area contributed by atoms with Crippen LogP contribution in [0.25, 0.3) is 11.3 Å². The van der Waals surface area contributed by atoms with Crippen molar-refractivity contribution < 1.29 is 28.7 Å². The lowest BCUT2D eigenvalue weighted by Gasteiger charge is -2.18. The molecule has 0 aliphatic heterocycles. The van der Waals surface area contributed by atoms with E-state index in [0.717, 1.165) is 11.1 Å². The van der Waals surface area contributed by atoms with E-state index in [2.05, 4.69) is 15.6 Å². The van der Waals surface area contributed by atoms with E-state index < -0.39 is 48.1 Å². The van der Waals surface area contributed by atoms with Crippen molar-refractivity contribution in [1.29, 1.82) is 0 Å². The van der Waals surface area contributed by atoms with Gasteiger partial charge >= 0.3 is 5.97 Å². The predicted molar refractivity (Wildman–Crippen MR) is 195 cm³/mol. The Balaban J connectivity index is 0.00000286. The number of oxazole rings is 1. The van der Waals surface area contributed by atoms with Crippen LogP contribution >= 0.6 is 23.2 Å². The van der Waals surface area contributed by atoms with Gasteiger partial charge in [0.1, 0.15) is 18.3 Å². The molecule has 2 heterocycles.